The maximum absolute atomic E-state index is 6.25. The van der Waals surface area contributed by atoms with Crippen molar-refractivity contribution in [1.82, 2.24) is 0 Å². The van der Waals surface area contributed by atoms with Crippen molar-refractivity contribution < 1.29 is 4.74 Å². The number of rotatable bonds is 1. The van der Waals surface area contributed by atoms with Crippen LogP contribution in [-0.4, -0.2) is 17.7 Å². The van der Waals surface area contributed by atoms with Gasteiger partial charge in [-0.2, -0.15) is 0 Å². The molecular formula is C12H23NO. The molecule has 2 N–H and O–H groups in total. The molecule has 0 aromatic carbocycles. The second kappa shape index (κ2) is 3.49. The Bertz CT molecular complexity index is 203. The third-order valence-corrected chi connectivity index (χ3v) is 4.19. The van der Waals surface area contributed by atoms with Crippen LogP contribution in [0.3, 0.4) is 0 Å². The van der Waals surface area contributed by atoms with E-state index in [1.54, 1.807) is 0 Å². The zero-order valence-corrected chi connectivity index (χ0v) is 9.51. The standard InChI is InChI=1S/C12H23NO/c1-10-3-5-12(6-4-10)8-7-11(2,9-13)14-12/h10H,3-9,13H2,1-2H3. The van der Waals surface area contributed by atoms with E-state index in [-0.39, 0.29) is 11.2 Å². The van der Waals surface area contributed by atoms with Crippen molar-refractivity contribution in [3.05, 3.63) is 0 Å². The molecule has 2 heteroatoms. The first kappa shape index (κ1) is 10.4. The van der Waals surface area contributed by atoms with Crippen LogP contribution in [0.25, 0.3) is 0 Å². The fraction of sp³-hybridized carbons (Fsp3) is 1.00. The maximum Gasteiger partial charge on any atom is 0.0784 e. The summed E-state index contributed by atoms with van der Waals surface area (Å²) in [5.41, 5.74) is 5.94. The molecule has 1 atom stereocenters. The highest BCUT2D eigenvalue weighted by Crippen LogP contribution is 2.46. The first-order chi connectivity index (χ1) is 6.58. The van der Waals surface area contributed by atoms with Crippen molar-refractivity contribution in [3.63, 3.8) is 0 Å². The van der Waals surface area contributed by atoms with Gasteiger partial charge in [-0.3, -0.25) is 0 Å². The molecule has 0 amide bonds. The average molecular weight is 197 g/mol. The fourth-order valence-electron chi connectivity index (χ4n) is 2.90. The molecule has 1 aliphatic carbocycles. The maximum atomic E-state index is 6.25. The van der Waals surface area contributed by atoms with Crippen molar-refractivity contribution in [2.75, 3.05) is 6.54 Å². The van der Waals surface area contributed by atoms with Crippen molar-refractivity contribution in [2.24, 2.45) is 11.7 Å². The van der Waals surface area contributed by atoms with Crippen molar-refractivity contribution in [2.45, 2.75) is 63.6 Å². The predicted octanol–water partition coefficient (Wildman–Crippen LogP) is 2.46. The van der Waals surface area contributed by atoms with Crippen LogP contribution >= 0.6 is 0 Å². The molecule has 2 rings (SSSR count). The molecule has 2 fully saturated rings. The molecule has 0 radical (unpaired) electrons. The van der Waals surface area contributed by atoms with Gasteiger partial charge in [0.05, 0.1) is 11.2 Å². The molecule has 1 heterocycles. The van der Waals surface area contributed by atoms with E-state index in [1.165, 1.54) is 32.1 Å². The minimum Gasteiger partial charge on any atom is -0.368 e. The second-order valence-electron chi connectivity index (χ2n) is 5.62. The predicted molar refractivity (Wildman–Crippen MR) is 58.1 cm³/mol. The zero-order valence-electron chi connectivity index (χ0n) is 9.51. The van der Waals surface area contributed by atoms with Crippen LogP contribution in [0, 0.1) is 5.92 Å². The van der Waals surface area contributed by atoms with E-state index in [4.69, 9.17) is 10.5 Å². The van der Waals surface area contributed by atoms with E-state index in [0.29, 0.717) is 6.54 Å². The summed E-state index contributed by atoms with van der Waals surface area (Å²) in [6.45, 7) is 5.19. The molecule has 2 nitrogen and oxygen atoms in total. The van der Waals surface area contributed by atoms with Crippen LogP contribution in [-0.2, 0) is 4.74 Å². The fourth-order valence-corrected chi connectivity index (χ4v) is 2.90. The van der Waals surface area contributed by atoms with Crippen LogP contribution in [0.5, 0.6) is 0 Å². The minimum atomic E-state index is -0.0272. The molecule has 14 heavy (non-hydrogen) atoms. The van der Waals surface area contributed by atoms with Gasteiger partial charge in [0.15, 0.2) is 0 Å². The Morgan fingerprint density at radius 1 is 1.21 bits per heavy atom. The highest BCUT2D eigenvalue weighted by Gasteiger charge is 2.46. The van der Waals surface area contributed by atoms with Crippen LogP contribution in [0.4, 0.5) is 0 Å². The van der Waals surface area contributed by atoms with E-state index in [2.05, 4.69) is 13.8 Å². The minimum absolute atomic E-state index is 0.0272. The lowest BCUT2D eigenvalue weighted by Crippen LogP contribution is -2.40. The van der Waals surface area contributed by atoms with Gasteiger partial charge >= 0.3 is 0 Å². The topological polar surface area (TPSA) is 35.2 Å². The summed E-state index contributed by atoms with van der Waals surface area (Å²) in [5.74, 6) is 0.897. The monoisotopic (exact) mass is 197 g/mol. The average Bonchev–Trinajstić information content (AvgIpc) is 2.51. The van der Waals surface area contributed by atoms with Gasteiger partial charge in [0.25, 0.3) is 0 Å². The lowest BCUT2D eigenvalue weighted by Gasteiger charge is -2.38. The Morgan fingerprint density at radius 2 is 1.86 bits per heavy atom. The molecule has 0 aromatic heterocycles. The van der Waals surface area contributed by atoms with Gasteiger partial charge < -0.3 is 10.5 Å². The number of nitrogens with two attached hydrogens (primary N) is 1. The van der Waals surface area contributed by atoms with E-state index in [9.17, 15) is 0 Å². The molecule has 1 spiro atoms. The summed E-state index contributed by atoms with van der Waals surface area (Å²) < 4.78 is 6.25. The van der Waals surface area contributed by atoms with Gasteiger partial charge in [0.1, 0.15) is 0 Å². The number of hydrogen-bond donors (Lipinski definition) is 1. The molecule has 82 valence electrons. The Kier molecular flexibility index (Phi) is 2.61. The van der Waals surface area contributed by atoms with Gasteiger partial charge in [0, 0.05) is 6.54 Å². The summed E-state index contributed by atoms with van der Waals surface area (Å²) in [6.07, 6.45) is 7.56. The third kappa shape index (κ3) is 1.82. The molecule has 1 aliphatic heterocycles. The molecule has 1 saturated carbocycles. The van der Waals surface area contributed by atoms with Gasteiger partial charge in [0.2, 0.25) is 0 Å². The van der Waals surface area contributed by atoms with Gasteiger partial charge in [-0.05, 0) is 51.4 Å². The Morgan fingerprint density at radius 3 is 2.36 bits per heavy atom. The Hall–Kier alpha value is -0.0800. The SMILES string of the molecule is CC1CCC2(CC1)CCC(C)(CN)O2. The van der Waals surface area contributed by atoms with E-state index in [1.807, 2.05) is 0 Å². The quantitative estimate of drug-likeness (QED) is 0.701. The van der Waals surface area contributed by atoms with Crippen LogP contribution < -0.4 is 5.73 Å². The van der Waals surface area contributed by atoms with Crippen LogP contribution in [0.15, 0.2) is 0 Å². The van der Waals surface area contributed by atoms with Gasteiger partial charge in [-0.25, -0.2) is 0 Å². The lowest BCUT2D eigenvalue weighted by molar-refractivity contribution is -0.111. The highest BCUT2D eigenvalue weighted by molar-refractivity contribution is 4.97. The van der Waals surface area contributed by atoms with E-state index < -0.39 is 0 Å². The highest BCUT2D eigenvalue weighted by atomic mass is 16.5. The summed E-state index contributed by atoms with van der Waals surface area (Å²) in [6, 6.07) is 0. The summed E-state index contributed by atoms with van der Waals surface area (Å²) in [4.78, 5) is 0. The number of hydrogen-bond acceptors (Lipinski definition) is 2. The van der Waals surface area contributed by atoms with Crippen LogP contribution in [0.1, 0.15) is 52.4 Å². The van der Waals surface area contributed by atoms with Gasteiger partial charge in [-0.15, -0.1) is 0 Å². The molecular weight excluding hydrogens is 174 g/mol. The summed E-state index contributed by atoms with van der Waals surface area (Å²) in [5, 5.41) is 0. The first-order valence-electron chi connectivity index (χ1n) is 5.98. The molecule has 2 aliphatic rings. The molecule has 0 aromatic rings. The van der Waals surface area contributed by atoms with E-state index >= 15 is 0 Å². The zero-order chi connectivity index (χ0) is 10.2. The lowest BCUT2D eigenvalue weighted by atomic mass is 9.78. The van der Waals surface area contributed by atoms with E-state index in [0.717, 1.165) is 12.3 Å². The third-order valence-electron chi connectivity index (χ3n) is 4.19. The Labute approximate surface area is 87.2 Å². The van der Waals surface area contributed by atoms with Crippen molar-refractivity contribution in [1.29, 1.82) is 0 Å². The first-order valence-corrected chi connectivity index (χ1v) is 5.98. The molecule has 1 unspecified atom stereocenters. The summed E-state index contributed by atoms with van der Waals surface area (Å²) >= 11 is 0. The molecule has 1 saturated heterocycles. The normalized spacial score (nSPS) is 48.6. The van der Waals surface area contributed by atoms with Crippen molar-refractivity contribution >= 4 is 0 Å². The summed E-state index contributed by atoms with van der Waals surface area (Å²) in [7, 11) is 0. The number of ether oxygens (including phenoxy) is 1. The van der Waals surface area contributed by atoms with Crippen LogP contribution in [0.2, 0.25) is 0 Å². The van der Waals surface area contributed by atoms with Crippen molar-refractivity contribution in [3.8, 4) is 0 Å². The second-order valence-corrected chi connectivity index (χ2v) is 5.62. The van der Waals surface area contributed by atoms with Gasteiger partial charge in [-0.1, -0.05) is 6.92 Å². The smallest absolute Gasteiger partial charge is 0.0784 e. The Balaban J connectivity index is 1.99. The molecule has 0 bridgehead atoms. The largest absolute Gasteiger partial charge is 0.368 e.